The van der Waals surface area contributed by atoms with Gasteiger partial charge in [0.15, 0.2) is 0 Å². The van der Waals surface area contributed by atoms with Gasteiger partial charge in [-0.05, 0) is 48.4 Å². The van der Waals surface area contributed by atoms with Crippen molar-refractivity contribution in [2.75, 3.05) is 0 Å². The van der Waals surface area contributed by atoms with Gasteiger partial charge < -0.3 is 0 Å². The molecule has 1 aliphatic carbocycles. The number of benzene rings is 1. The van der Waals surface area contributed by atoms with Gasteiger partial charge in [-0.3, -0.25) is 11.3 Å². The lowest BCUT2D eigenvalue weighted by Crippen LogP contribution is -2.38. The molecule has 0 heterocycles. The van der Waals surface area contributed by atoms with Crippen LogP contribution in [0.2, 0.25) is 5.02 Å². The van der Waals surface area contributed by atoms with Gasteiger partial charge in [-0.25, -0.2) is 0 Å². The second kappa shape index (κ2) is 6.74. The summed E-state index contributed by atoms with van der Waals surface area (Å²) in [6, 6.07) is 6.48. The Morgan fingerprint density at radius 1 is 1.32 bits per heavy atom. The second-order valence-electron chi connectivity index (χ2n) is 5.82. The van der Waals surface area contributed by atoms with Crippen LogP contribution in [0, 0.1) is 18.8 Å². The topological polar surface area (TPSA) is 38.0 Å². The number of halogens is 1. The molecule has 19 heavy (non-hydrogen) atoms. The van der Waals surface area contributed by atoms with Crippen molar-refractivity contribution in [1.82, 2.24) is 5.43 Å². The standard InChI is InChI=1S/C16H25ClN2/c1-3-12-6-4-5-7-15(12)16(19-18)13-8-11(2)9-14(17)10-13/h8-10,12,15-16,19H,3-7,18H2,1-2H3. The van der Waals surface area contributed by atoms with E-state index in [1.165, 1.54) is 43.2 Å². The van der Waals surface area contributed by atoms with Crippen molar-refractivity contribution in [3.05, 3.63) is 34.3 Å². The lowest BCUT2D eigenvalue weighted by Gasteiger charge is -2.37. The van der Waals surface area contributed by atoms with E-state index in [2.05, 4.69) is 31.4 Å². The van der Waals surface area contributed by atoms with Gasteiger partial charge in [0.25, 0.3) is 0 Å². The molecule has 2 rings (SSSR count). The largest absolute Gasteiger partial charge is 0.271 e. The third kappa shape index (κ3) is 3.50. The maximum atomic E-state index is 6.19. The molecule has 0 spiro atoms. The number of nitrogens with one attached hydrogen (secondary N) is 1. The summed E-state index contributed by atoms with van der Waals surface area (Å²) in [6.07, 6.45) is 6.51. The molecule has 106 valence electrons. The Kier molecular flexibility index (Phi) is 5.26. The van der Waals surface area contributed by atoms with E-state index < -0.39 is 0 Å². The van der Waals surface area contributed by atoms with E-state index in [4.69, 9.17) is 17.4 Å². The Hall–Kier alpha value is -0.570. The fraction of sp³-hybridized carbons (Fsp3) is 0.625. The van der Waals surface area contributed by atoms with Gasteiger partial charge in [0.1, 0.15) is 0 Å². The van der Waals surface area contributed by atoms with E-state index in [0.29, 0.717) is 5.92 Å². The van der Waals surface area contributed by atoms with Gasteiger partial charge in [0.05, 0.1) is 0 Å². The molecular formula is C16H25ClN2. The molecule has 1 aliphatic rings. The molecule has 0 aromatic heterocycles. The molecule has 3 N–H and O–H groups in total. The zero-order chi connectivity index (χ0) is 13.8. The van der Waals surface area contributed by atoms with Crippen LogP contribution in [0.3, 0.4) is 0 Å². The first-order chi connectivity index (χ1) is 9.15. The van der Waals surface area contributed by atoms with Crippen molar-refractivity contribution in [2.24, 2.45) is 17.7 Å². The number of aryl methyl sites for hydroxylation is 1. The third-order valence-electron chi connectivity index (χ3n) is 4.52. The Morgan fingerprint density at radius 3 is 2.68 bits per heavy atom. The summed E-state index contributed by atoms with van der Waals surface area (Å²) in [5, 5.41) is 0.805. The van der Waals surface area contributed by atoms with Crippen LogP contribution in [0.15, 0.2) is 18.2 Å². The van der Waals surface area contributed by atoms with Gasteiger partial charge in [-0.2, -0.15) is 0 Å². The summed E-state index contributed by atoms with van der Waals surface area (Å²) >= 11 is 6.19. The van der Waals surface area contributed by atoms with Gasteiger partial charge >= 0.3 is 0 Å². The first-order valence-corrected chi connectivity index (χ1v) is 7.76. The minimum Gasteiger partial charge on any atom is -0.271 e. The first-order valence-electron chi connectivity index (χ1n) is 7.39. The molecule has 1 fully saturated rings. The van der Waals surface area contributed by atoms with Crippen LogP contribution >= 0.6 is 11.6 Å². The molecule has 0 bridgehead atoms. The van der Waals surface area contributed by atoms with Crippen molar-refractivity contribution >= 4 is 11.6 Å². The molecule has 3 atom stereocenters. The lowest BCUT2D eigenvalue weighted by atomic mass is 9.72. The molecule has 1 saturated carbocycles. The maximum absolute atomic E-state index is 6.19. The Morgan fingerprint density at radius 2 is 2.05 bits per heavy atom. The lowest BCUT2D eigenvalue weighted by molar-refractivity contribution is 0.176. The summed E-state index contributed by atoms with van der Waals surface area (Å²) in [7, 11) is 0. The van der Waals surface area contributed by atoms with Crippen molar-refractivity contribution in [3.8, 4) is 0 Å². The van der Waals surface area contributed by atoms with Crippen LogP contribution in [0.25, 0.3) is 0 Å². The van der Waals surface area contributed by atoms with Gasteiger partial charge in [0, 0.05) is 11.1 Å². The summed E-state index contributed by atoms with van der Waals surface area (Å²) in [5.74, 6) is 7.26. The predicted octanol–water partition coefficient (Wildman–Crippen LogP) is 4.37. The Balaban J connectivity index is 2.27. The van der Waals surface area contributed by atoms with E-state index in [-0.39, 0.29) is 6.04 Å². The molecule has 1 aromatic rings. The molecular weight excluding hydrogens is 256 g/mol. The zero-order valence-corrected chi connectivity index (χ0v) is 12.7. The van der Waals surface area contributed by atoms with E-state index >= 15 is 0 Å². The van der Waals surface area contributed by atoms with Crippen molar-refractivity contribution in [3.63, 3.8) is 0 Å². The van der Waals surface area contributed by atoms with E-state index in [1.807, 2.05) is 6.07 Å². The normalized spacial score (nSPS) is 25.3. The average molecular weight is 281 g/mol. The molecule has 2 nitrogen and oxygen atoms in total. The Labute approximate surface area is 121 Å². The maximum Gasteiger partial charge on any atom is 0.0491 e. The number of hydrazine groups is 1. The number of nitrogens with two attached hydrogens (primary N) is 1. The number of hydrogen-bond acceptors (Lipinski definition) is 2. The van der Waals surface area contributed by atoms with Crippen LogP contribution in [-0.4, -0.2) is 0 Å². The van der Waals surface area contributed by atoms with E-state index in [0.717, 1.165) is 10.9 Å². The first kappa shape index (κ1) is 14.8. The SMILES string of the molecule is CCC1CCCCC1C(NN)c1cc(C)cc(Cl)c1. The quantitative estimate of drug-likeness (QED) is 0.635. The fourth-order valence-electron chi connectivity index (χ4n) is 3.59. The van der Waals surface area contributed by atoms with Crippen molar-refractivity contribution < 1.29 is 0 Å². The van der Waals surface area contributed by atoms with Gasteiger partial charge in [-0.15, -0.1) is 0 Å². The Bertz CT molecular complexity index is 399. The van der Waals surface area contributed by atoms with Crippen LogP contribution in [0.1, 0.15) is 56.2 Å². The molecule has 3 unspecified atom stereocenters. The average Bonchev–Trinajstić information content (AvgIpc) is 2.39. The molecule has 3 heteroatoms. The zero-order valence-electron chi connectivity index (χ0n) is 12.0. The highest BCUT2D eigenvalue weighted by atomic mass is 35.5. The molecule has 0 amide bonds. The minimum absolute atomic E-state index is 0.225. The summed E-state index contributed by atoms with van der Waals surface area (Å²) < 4.78 is 0. The smallest absolute Gasteiger partial charge is 0.0491 e. The van der Waals surface area contributed by atoms with Gasteiger partial charge in [0.2, 0.25) is 0 Å². The minimum atomic E-state index is 0.225. The summed E-state index contributed by atoms with van der Waals surface area (Å²) in [4.78, 5) is 0. The highest BCUT2D eigenvalue weighted by Crippen LogP contribution is 2.40. The van der Waals surface area contributed by atoms with Crippen molar-refractivity contribution in [2.45, 2.75) is 52.0 Å². The fourth-order valence-corrected chi connectivity index (χ4v) is 3.89. The molecule has 1 aromatic carbocycles. The van der Waals surface area contributed by atoms with E-state index in [1.54, 1.807) is 0 Å². The summed E-state index contributed by atoms with van der Waals surface area (Å²) in [5.41, 5.74) is 5.48. The van der Waals surface area contributed by atoms with Crippen molar-refractivity contribution in [1.29, 1.82) is 0 Å². The third-order valence-corrected chi connectivity index (χ3v) is 4.74. The molecule has 0 radical (unpaired) electrons. The number of rotatable bonds is 4. The van der Waals surface area contributed by atoms with E-state index in [9.17, 15) is 0 Å². The monoisotopic (exact) mass is 280 g/mol. The van der Waals surface area contributed by atoms with Crippen LogP contribution in [0.5, 0.6) is 0 Å². The number of hydrogen-bond donors (Lipinski definition) is 2. The summed E-state index contributed by atoms with van der Waals surface area (Å²) in [6.45, 7) is 4.38. The predicted molar refractivity (Wildman–Crippen MR) is 82.0 cm³/mol. The van der Waals surface area contributed by atoms with Gasteiger partial charge in [-0.1, -0.05) is 50.3 Å². The highest BCUT2D eigenvalue weighted by molar-refractivity contribution is 6.30. The highest BCUT2D eigenvalue weighted by Gasteiger charge is 2.31. The van der Waals surface area contributed by atoms with Crippen LogP contribution < -0.4 is 11.3 Å². The molecule has 0 aliphatic heterocycles. The van der Waals surface area contributed by atoms with Crippen LogP contribution in [0.4, 0.5) is 0 Å². The molecule has 0 saturated heterocycles. The van der Waals surface area contributed by atoms with Crippen LogP contribution in [-0.2, 0) is 0 Å². The second-order valence-corrected chi connectivity index (χ2v) is 6.26.